The molecule has 112 valence electrons. The van der Waals surface area contributed by atoms with Gasteiger partial charge in [0.15, 0.2) is 0 Å². The predicted octanol–water partition coefficient (Wildman–Crippen LogP) is 5.32. The van der Waals surface area contributed by atoms with Gasteiger partial charge in [0.2, 0.25) is 0 Å². The second-order valence-electron chi connectivity index (χ2n) is 5.07. The van der Waals surface area contributed by atoms with E-state index in [1.165, 1.54) is 10.5 Å². The second kappa shape index (κ2) is 6.32. The third-order valence-corrected chi connectivity index (χ3v) is 4.63. The minimum Gasteiger partial charge on any atom is -0.496 e. The minimum atomic E-state index is 0.867. The lowest BCUT2D eigenvalue weighted by Crippen LogP contribution is -1.92. The molecular weight excluding hydrogens is 292 g/mol. The van der Waals surface area contributed by atoms with E-state index < -0.39 is 0 Å². The predicted molar refractivity (Wildman–Crippen MR) is 92.4 cm³/mol. The molecule has 0 aliphatic carbocycles. The van der Waals surface area contributed by atoms with Gasteiger partial charge >= 0.3 is 0 Å². The number of ether oxygens (including phenoxy) is 2. The molecule has 0 aliphatic heterocycles. The Hall–Kier alpha value is -2.13. The lowest BCUT2D eigenvalue weighted by molar-refractivity contribution is 0.401. The van der Waals surface area contributed by atoms with Gasteiger partial charge in [0.1, 0.15) is 11.5 Å². The van der Waals surface area contributed by atoms with Gasteiger partial charge in [0, 0.05) is 15.7 Å². The first kappa shape index (κ1) is 14.8. The molecule has 2 nitrogen and oxygen atoms in total. The Morgan fingerprint density at radius 1 is 0.818 bits per heavy atom. The van der Waals surface area contributed by atoms with Gasteiger partial charge in [0.05, 0.1) is 19.1 Å². The first-order valence-electron chi connectivity index (χ1n) is 7.11. The lowest BCUT2D eigenvalue weighted by Gasteiger charge is -2.14. The zero-order valence-corrected chi connectivity index (χ0v) is 13.7. The molecule has 0 aliphatic rings. The molecule has 3 aromatic carbocycles. The van der Waals surface area contributed by atoms with E-state index in [9.17, 15) is 0 Å². The van der Waals surface area contributed by atoms with Crippen molar-refractivity contribution in [1.29, 1.82) is 0 Å². The van der Waals surface area contributed by atoms with Crippen molar-refractivity contribution in [1.82, 2.24) is 0 Å². The highest BCUT2D eigenvalue weighted by molar-refractivity contribution is 7.99. The van der Waals surface area contributed by atoms with Crippen molar-refractivity contribution in [3.8, 4) is 11.5 Å². The van der Waals surface area contributed by atoms with Crippen LogP contribution >= 0.6 is 11.8 Å². The van der Waals surface area contributed by atoms with E-state index in [-0.39, 0.29) is 0 Å². The Labute approximate surface area is 135 Å². The van der Waals surface area contributed by atoms with E-state index in [0.29, 0.717) is 0 Å². The molecule has 0 bridgehead atoms. The average Bonchev–Trinajstić information content (AvgIpc) is 2.56. The molecule has 3 aromatic rings. The van der Waals surface area contributed by atoms with Crippen LogP contribution in [0.2, 0.25) is 0 Å². The van der Waals surface area contributed by atoms with Crippen LogP contribution in [0.3, 0.4) is 0 Å². The molecule has 0 atom stereocenters. The van der Waals surface area contributed by atoms with Crippen molar-refractivity contribution < 1.29 is 9.47 Å². The van der Waals surface area contributed by atoms with Crippen LogP contribution < -0.4 is 9.47 Å². The fourth-order valence-electron chi connectivity index (χ4n) is 2.48. The fraction of sp³-hybridized carbons (Fsp3) is 0.158. The molecule has 0 heterocycles. The van der Waals surface area contributed by atoms with Crippen LogP contribution in [0.25, 0.3) is 10.8 Å². The number of benzene rings is 3. The monoisotopic (exact) mass is 310 g/mol. The summed E-state index contributed by atoms with van der Waals surface area (Å²) < 4.78 is 11.2. The van der Waals surface area contributed by atoms with Crippen molar-refractivity contribution in [2.75, 3.05) is 14.2 Å². The van der Waals surface area contributed by atoms with Crippen LogP contribution in [0, 0.1) is 6.92 Å². The molecule has 22 heavy (non-hydrogen) atoms. The zero-order chi connectivity index (χ0) is 15.5. The zero-order valence-electron chi connectivity index (χ0n) is 12.9. The largest absolute Gasteiger partial charge is 0.496 e. The molecule has 0 saturated carbocycles. The van der Waals surface area contributed by atoms with E-state index >= 15 is 0 Å². The van der Waals surface area contributed by atoms with Gasteiger partial charge in [-0.15, -0.1) is 0 Å². The van der Waals surface area contributed by atoms with Gasteiger partial charge in [-0.3, -0.25) is 0 Å². The van der Waals surface area contributed by atoms with Crippen LogP contribution in [0.15, 0.2) is 64.4 Å². The number of methoxy groups -OCH3 is 2. The second-order valence-corrected chi connectivity index (χ2v) is 6.19. The van der Waals surface area contributed by atoms with E-state index in [1.54, 1.807) is 26.0 Å². The molecular formula is C19H18O2S. The molecule has 3 heteroatoms. The van der Waals surface area contributed by atoms with Gasteiger partial charge in [0.25, 0.3) is 0 Å². The van der Waals surface area contributed by atoms with E-state index in [2.05, 4.69) is 43.3 Å². The normalized spacial score (nSPS) is 10.7. The van der Waals surface area contributed by atoms with Crippen LogP contribution in [0.1, 0.15) is 5.56 Å². The first-order valence-corrected chi connectivity index (χ1v) is 7.93. The number of hydrogen-bond acceptors (Lipinski definition) is 3. The van der Waals surface area contributed by atoms with Crippen molar-refractivity contribution in [2.45, 2.75) is 16.7 Å². The Morgan fingerprint density at radius 2 is 1.50 bits per heavy atom. The summed E-state index contributed by atoms with van der Waals surface area (Å²) in [5.41, 5.74) is 1.26. The topological polar surface area (TPSA) is 18.5 Å². The quantitative estimate of drug-likeness (QED) is 0.650. The van der Waals surface area contributed by atoms with E-state index in [1.807, 2.05) is 18.2 Å². The number of rotatable bonds is 4. The van der Waals surface area contributed by atoms with Crippen molar-refractivity contribution >= 4 is 22.5 Å². The first-order chi connectivity index (χ1) is 10.7. The maximum Gasteiger partial charge on any atom is 0.140 e. The van der Waals surface area contributed by atoms with Gasteiger partial charge < -0.3 is 9.47 Å². The summed E-state index contributed by atoms with van der Waals surface area (Å²) in [6.07, 6.45) is 0. The smallest absolute Gasteiger partial charge is 0.140 e. The molecule has 0 spiro atoms. The molecule has 0 aromatic heterocycles. The van der Waals surface area contributed by atoms with Crippen molar-refractivity contribution in [3.63, 3.8) is 0 Å². The van der Waals surface area contributed by atoms with Gasteiger partial charge in [-0.25, -0.2) is 0 Å². The van der Waals surface area contributed by atoms with Crippen molar-refractivity contribution in [2.24, 2.45) is 0 Å². The summed E-state index contributed by atoms with van der Waals surface area (Å²) in [7, 11) is 3.42. The standard InChI is InChI=1S/C19H18O2S/c1-13-8-10-14(11-9-13)22-18-12-17(20-2)15-6-4-5-7-16(15)19(18)21-3/h4-12H,1-3H3. The third kappa shape index (κ3) is 2.77. The minimum absolute atomic E-state index is 0.867. The van der Waals surface area contributed by atoms with E-state index in [0.717, 1.165) is 27.2 Å². The lowest BCUT2D eigenvalue weighted by atomic mass is 10.1. The van der Waals surface area contributed by atoms with Crippen LogP contribution in [0.4, 0.5) is 0 Å². The maximum absolute atomic E-state index is 5.68. The highest BCUT2D eigenvalue weighted by Crippen LogP contribution is 2.43. The number of hydrogen-bond donors (Lipinski definition) is 0. The highest BCUT2D eigenvalue weighted by Gasteiger charge is 2.14. The molecule has 3 rings (SSSR count). The van der Waals surface area contributed by atoms with Crippen LogP contribution in [-0.4, -0.2) is 14.2 Å². The van der Waals surface area contributed by atoms with E-state index in [4.69, 9.17) is 9.47 Å². The summed E-state index contributed by atoms with van der Waals surface area (Å²) in [6.45, 7) is 2.09. The fourth-order valence-corrected chi connectivity index (χ4v) is 3.46. The average molecular weight is 310 g/mol. The molecule has 0 amide bonds. The molecule has 0 fully saturated rings. The molecule has 0 saturated heterocycles. The van der Waals surface area contributed by atoms with Gasteiger partial charge in [-0.2, -0.15) is 0 Å². The maximum atomic E-state index is 5.68. The molecule has 0 unspecified atom stereocenters. The number of aryl methyl sites for hydroxylation is 1. The Balaban J connectivity index is 2.13. The third-order valence-electron chi connectivity index (χ3n) is 3.60. The summed E-state index contributed by atoms with van der Waals surface area (Å²) in [6, 6.07) is 18.7. The highest BCUT2D eigenvalue weighted by atomic mass is 32.2. The van der Waals surface area contributed by atoms with Crippen LogP contribution in [-0.2, 0) is 0 Å². The van der Waals surface area contributed by atoms with Crippen LogP contribution in [0.5, 0.6) is 11.5 Å². The Bertz CT molecular complexity index is 794. The summed E-state index contributed by atoms with van der Waals surface area (Å²) in [5.74, 6) is 1.76. The SMILES string of the molecule is COc1cc(Sc2ccc(C)cc2)c(OC)c2ccccc12. The summed E-state index contributed by atoms with van der Waals surface area (Å²) in [4.78, 5) is 2.24. The van der Waals surface area contributed by atoms with Gasteiger partial charge in [-0.05, 0) is 25.1 Å². The summed E-state index contributed by atoms with van der Waals surface area (Å²) in [5, 5.41) is 2.13. The Morgan fingerprint density at radius 3 is 2.14 bits per heavy atom. The Kier molecular flexibility index (Phi) is 4.25. The molecule has 0 radical (unpaired) electrons. The molecule has 0 N–H and O–H groups in total. The van der Waals surface area contributed by atoms with Gasteiger partial charge in [-0.1, -0.05) is 53.7 Å². The number of fused-ring (bicyclic) bond motifs is 1. The van der Waals surface area contributed by atoms with Crippen molar-refractivity contribution in [3.05, 3.63) is 60.2 Å². The summed E-state index contributed by atoms with van der Waals surface area (Å²) >= 11 is 1.69.